The summed E-state index contributed by atoms with van der Waals surface area (Å²) in [7, 11) is -1.49. The minimum atomic E-state index is -3.09. The molecule has 9 nitrogen and oxygen atoms in total. The number of nitrogens with one attached hydrogen (secondary N) is 1. The van der Waals surface area contributed by atoms with Crippen LogP contribution in [0.5, 0.6) is 5.75 Å². The van der Waals surface area contributed by atoms with Crippen LogP contribution in [0.3, 0.4) is 0 Å². The van der Waals surface area contributed by atoms with Crippen molar-refractivity contribution in [2.45, 2.75) is 12.5 Å². The summed E-state index contributed by atoms with van der Waals surface area (Å²) in [6.07, 6.45) is 0.491. The third kappa shape index (κ3) is 5.25. The lowest BCUT2D eigenvalue weighted by Gasteiger charge is -2.26. The maximum atomic E-state index is 12.8. The second-order valence-corrected chi connectivity index (χ2v) is 10.1. The molecule has 0 spiro atoms. The summed E-state index contributed by atoms with van der Waals surface area (Å²) in [5.74, 6) is 0.637. The highest BCUT2D eigenvalue weighted by Crippen LogP contribution is 2.31. The van der Waals surface area contributed by atoms with Crippen LogP contribution in [-0.4, -0.2) is 87.0 Å². The van der Waals surface area contributed by atoms with E-state index in [9.17, 15) is 13.2 Å². The Hall–Kier alpha value is -2.43. The highest BCUT2D eigenvalue weighted by molar-refractivity contribution is 7.91. The summed E-state index contributed by atoms with van der Waals surface area (Å²) >= 11 is 0. The fraction of sp³-hybridized carbons (Fsp3) is 0.524. The molecule has 1 N–H and O–H groups in total. The molecule has 0 radical (unpaired) electrons. The average molecular weight is 449 g/mol. The molecule has 0 saturated carbocycles. The van der Waals surface area contributed by atoms with Crippen molar-refractivity contribution >= 4 is 15.7 Å². The molecule has 2 aliphatic heterocycles. The molecular weight excluding hydrogens is 420 g/mol. The Kier molecular flexibility index (Phi) is 6.59. The van der Waals surface area contributed by atoms with Crippen LogP contribution in [0, 0.1) is 0 Å². The van der Waals surface area contributed by atoms with Crippen molar-refractivity contribution in [3.8, 4) is 17.0 Å². The molecule has 1 amide bonds. The first-order valence-corrected chi connectivity index (χ1v) is 12.3. The fourth-order valence-corrected chi connectivity index (χ4v) is 5.66. The summed E-state index contributed by atoms with van der Waals surface area (Å²) in [5, 5.41) is 7.45. The van der Waals surface area contributed by atoms with Gasteiger partial charge in [-0.2, -0.15) is 5.10 Å². The Morgan fingerprint density at radius 1 is 1.26 bits per heavy atom. The molecule has 2 aliphatic rings. The molecule has 1 aromatic heterocycles. The molecule has 2 aromatic rings. The number of amides is 1. The Morgan fingerprint density at radius 2 is 2.00 bits per heavy atom. The summed E-state index contributed by atoms with van der Waals surface area (Å²) in [6, 6.07) is 8.89. The standard InChI is InChI=1S/C21H28N4O5S/c1-29-18-4-2-16(3-5-18)20-14-19(23-25(20)17-6-13-31(27,28)15-17)21(26)22-7-8-24-9-11-30-12-10-24/h2-5,14,17H,6-13,15H2,1H3,(H,22,26). The lowest BCUT2D eigenvalue weighted by molar-refractivity contribution is 0.0383. The van der Waals surface area contributed by atoms with Crippen molar-refractivity contribution in [3.63, 3.8) is 0 Å². The molecule has 168 valence electrons. The third-order valence-corrected chi connectivity index (χ3v) is 7.48. The van der Waals surface area contributed by atoms with Crippen molar-refractivity contribution in [2.24, 2.45) is 0 Å². The second kappa shape index (κ2) is 9.37. The molecule has 3 heterocycles. The lowest BCUT2D eigenvalue weighted by Crippen LogP contribution is -2.41. The SMILES string of the molecule is COc1ccc(-c2cc(C(=O)NCCN3CCOCC3)nn2C2CCS(=O)(=O)C2)cc1. The van der Waals surface area contributed by atoms with Gasteiger partial charge < -0.3 is 14.8 Å². The lowest BCUT2D eigenvalue weighted by atomic mass is 10.1. The predicted octanol–water partition coefficient (Wildman–Crippen LogP) is 0.980. The smallest absolute Gasteiger partial charge is 0.271 e. The van der Waals surface area contributed by atoms with Crippen molar-refractivity contribution in [3.05, 3.63) is 36.0 Å². The van der Waals surface area contributed by atoms with E-state index in [1.54, 1.807) is 17.9 Å². The van der Waals surface area contributed by atoms with Gasteiger partial charge in [-0.3, -0.25) is 14.4 Å². The summed E-state index contributed by atoms with van der Waals surface area (Å²) in [5.41, 5.74) is 1.87. The van der Waals surface area contributed by atoms with Crippen LogP contribution in [0.15, 0.2) is 30.3 Å². The zero-order valence-electron chi connectivity index (χ0n) is 17.6. The number of hydrogen-bond donors (Lipinski definition) is 1. The Balaban J connectivity index is 1.52. The van der Waals surface area contributed by atoms with Gasteiger partial charge in [0.25, 0.3) is 5.91 Å². The van der Waals surface area contributed by atoms with Crippen LogP contribution in [0.1, 0.15) is 23.0 Å². The summed E-state index contributed by atoms with van der Waals surface area (Å²) < 4.78 is 36.3. The molecule has 1 aromatic carbocycles. The van der Waals surface area contributed by atoms with Gasteiger partial charge in [0.05, 0.1) is 43.6 Å². The number of hydrogen-bond acceptors (Lipinski definition) is 7. The topological polar surface area (TPSA) is 103 Å². The van der Waals surface area contributed by atoms with Crippen molar-refractivity contribution in [2.75, 3.05) is 58.0 Å². The van der Waals surface area contributed by atoms with E-state index >= 15 is 0 Å². The molecule has 2 saturated heterocycles. The number of benzene rings is 1. The Labute approximate surface area is 182 Å². The summed E-state index contributed by atoms with van der Waals surface area (Å²) in [6.45, 7) is 4.43. The number of carbonyl (C=O) groups excluding carboxylic acids is 1. The molecule has 2 fully saturated rings. The van der Waals surface area contributed by atoms with E-state index in [2.05, 4.69) is 15.3 Å². The monoisotopic (exact) mass is 448 g/mol. The predicted molar refractivity (Wildman–Crippen MR) is 116 cm³/mol. The van der Waals surface area contributed by atoms with E-state index in [0.29, 0.717) is 26.2 Å². The number of morpholine rings is 1. The van der Waals surface area contributed by atoms with Crippen LogP contribution in [0.4, 0.5) is 0 Å². The number of carbonyl (C=O) groups is 1. The third-order valence-electron chi connectivity index (χ3n) is 5.73. The van der Waals surface area contributed by atoms with E-state index in [0.717, 1.165) is 36.6 Å². The van der Waals surface area contributed by atoms with Gasteiger partial charge in [0.15, 0.2) is 15.5 Å². The van der Waals surface area contributed by atoms with Gasteiger partial charge >= 0.3 is 0 Å². The largest absolute Gasteiger partial charge is 0.497 e. The van der Waals surface area contributed by atoms with Crippen molar-refractivity contribution < 1.29 is 22.7 Å². The van der Waals surface area contributed by atoms with E-state index < -0.39 is 9.84 Å². The highest BCUT2D eigenvalue weighted by Gasteiger charge is 2.32. The van der Waals surface area contributed by atoms with E-state index in [1.807, 2.05) is 24.3 Å². The van der Waals surface area contributed by atoms with Gasteiger partial charge in [0.2, 0.25) is 0 Å². The quantitative estimate of drug-likeness (QED) is 0.674. The van der Waals surface area contributed by atoms with Crippen LogP contribution in [0.25, 0.3) is 11.3 Å². The molecule has 1 atom stereocenters. The minimum Gasteiger partial charge on any atom is -0.497 e. The first-order chi connectivity index (χ1) is 14.9. The van der Waals surface area contributed by atoms with Crippen LogP contribution < -0.4 is 10.1 Å². The maximum Gasteiger partial charge on any atom is 0.271 e. The number of nitrogens with zero attached hydrogens (tertiary/aromatic N) is 3. The van der Waals surface area contributed by atoms with Crippen molar-refractivity contribution in [1.29, 1.82) is 0 Å². The van der Waals surface area contributed by atoms with Gasteiger partial charge in [0, 0.05) is 31.7 Å². The molecule has 0 aliphatic carbocycles. The molecule has 10 heteroatoms. The fourth-order valence-electron chi connectivity index (χ4n) is 3.97. The first kappa shape index (κ1) is 21.8. The second-order valence-electron chi connectivity index (χ2n) is 7.85. The van der Waals surface area contributed by atoms with Gasteiger partial charge in [-0.1, -0.05) is 0 Å². The van der Waals surface area contributed by atoms with Crippen LogP contribution >= 0.6 is 0 Å². The normalized spacial score (nSPS) is 21.1. The number of sulfone groups is 1. The Bertz CT molecular complexity index is 1010. The highest BCUT2D eigenvalue weighted by atomic mass is 32.2. The molecule has 4 rings (SSSR count). The van der Waals surface area contributed by atoms with Gasteiger partial charge in [0.1, 0.15) is 5.75 Å². The van der Waals surface area contributed by atoms with E-state index in [4.69, 9.17) is 9.47 Å². The number of ether oxygens (including phenoxy) is 2. The molecule has 31 heavy (non-hydrogen) atoms. The zero-order chi connectivity index (χ0) is 21.8. The van der Waals surface area contributed by atoms with Crippen molar-refractivity contribution in [1.82, 2.24) is 20.0 Å². The van der Waals surface area contributed by atoms with E-state index in [1.165, 1.54) is 0 Å². The maximum absolute atomic E-state index is 12.8. The Morgan fingerprint density at radius 3 is 2.65 bits per heavy atom. The van der Waals surface area contributed by atoms with Crippen LogP contribution in [-0.2, 0) is 14.6 Å². The van der Waals surface area contributed by atoms with Crippen LogP contribution in [0.2, 0.25) is 0 Å². The van der Waals surface area contributed by atoms with Gasteiger partial charge in [-0.15, -0.1) is 0 Å². The number of rotatable bonds is 7. The zero-order valence-corrected chi connectivity index (χ0v) is 18.4. The minimum absolute atomic E-state index is 0.0376. The first-order valence-electron chi connectivity index (χ1n) is 10.5. The number of methoxy groups -OCH3 is 1. The molecule has 0 bridgehead atoms. The van der Waals surface area contributed by atoms with E-state index in [-0.39, 0.29) is 29.1 Å². The molecule has 1 unspecified atom stereocenters. The molecular formula is C21H28N4O5S. The van der Waals surface area contributed by atoms with Gasteiger partial charge in [-0.25, -0.2) is 8.42 Å². The van der Waals surface area contributed by atoms with Gasteiger partial charge in [-0.05, 0) is 36.8 Å². The number of aromatic nitrogens is 2. The average Bonchev–Trinajstić information content (AvgIpc) is 3.38. The summed E-state index contributed by atoms with van der Waals surface area (Å²) in [4.78, 5) is 15.0.